The number of carbonyl (C=O) groups is 1. The van der Waals surface area contributed by atoms with Gasteiger partial charge < -0.3 is 15.4 Å². The molecule has 0 radical (unpaired) electrons. The summed E-state index contributed by atoms with van der Waals surface area (Å²) in [6.45, 7) is 3.48. The van der Waals surface area contributed by atoms with E-state index < -0.39 is 46.6 Å². The minimum absolute atomic E-state index is 0.0185. The van der Waals surface area contributed by atoms with Crippen LogP contribution in [0.15, 0.2) is 5.38 Å². The number of amides is 1. The molecule has 37 heavy (non-hydrogen) atoms. The summed E-state index contributed by atoms with van der Waals surface area (Å²) in [6.07, 6.45) is -8.93. The van der Waals surface area contributed by atoms with Gasteiger partial charge in [0.25, 0.3) is 6.43 Å². The smallest absolute Gasteiger partial charge is 0.427 e. The van der Waals surface area contributed by atoms with E-state index in [-0.39, 0.29) is 52.5 Å². The van der Waals surface area contributed by atoms with Crippen LogP contribution in [0, 0.1) is 0 Å². The number of anilines is 5. The maximum atomic E-state index is 13.8. The van der Waals surface area contributed by atoms with E-state index in [4.69, 9.17) is 39.5 Å². The Labute approximate surface area is 233 Å². The summed E-state index contributed by atoms with van der Waals surface area (Å²) in [4.78, 5) is 10.4. The zero-order valence-corrected chi connectivity index (χ0v) is 23.5. The van der Waals surface area contributed by atoms with Crippen molar-refractivity contribution in [2.24, 2.45) is 0 Å². The highest BCUT2D eigenvalue weighted by Crippen LogP contribution is 2.53. The first kappa shape index (κ1) is 30.0. The van der Waals surface area contributed by atoms with Crippen LogP contribution >= 0.6 is 68.8 Å². The van der Waals surface area contributed by atoms with Crippen molar-refractivity contribution in [1.29, 1.82) is 0 Å². The first-order chi connectivity index (χ1) is 17.0. The van der Waals surface area contributed by atoms with Gasteiger partial charge in [-0.05, 0) is 20.8 Å². The largest absolute Gasteiger partial charge is 0.444 e. The van der Waals surface area contributed by atoms with E-state index in [2.05, 4.69) is 10.6 Å². The monoisotopic (exact) mass is 645 g/mol. The van der Waals surface area contributed by atoms with Crippen molar-refractivity contribution in [2.75, 3.05) is 16.0 Å². The van der Waals surface area contributed by atoms with Gasteiger partial charge in [-0.1, -0.05) is 34.8 Å². The molecule has 0 aliphatic heterocycles. The fourth-order valence-corrected chi connectivity index (χ4v) is 6.45. The Bertz CT molecular complexity index is 1300. The van der Waals surface area contributed by atoms with Crippen LogP contribution in [-0.4, -0.2) is 11.7 Å². The van der Waals surface area contributed by atoms with Crippen LogP contribution < -0.4 is 16.0 Å². The number of nitrogens with one attached hydrogen (secondary N) is 3. The van der Waals surface area contributed by atoms with Crippen LogP contribution in [0.1, 0.15) is 41.8 Å². The van der Waals surface area contributed by atoms with E-state index in [9.17, 15) is 31.1 Å². The third-order valence-corrected chi connectivity index (χ3v) is 8.84. The van der Waals surface area contributed by atoms with Gasteiger partial charge in [-0.15, -0.1) is 34.0 Å². The standard InChI is InChI=1S/C20H16Cl3F6N3O2S3/c1-19(2,3)34-18(33)32-12-9(23)17(37-14(12)20(27,28)29)31-11-7(4-24)36-16(8(11)22)30-10-6(21)5-35-13(10)15(25)26/h5,15,30-31H,4H2,1-3H3,(H,32,33). The Kier molecular flexibility index (Phi) is 9.12. The maximum Gasteiger partial charge on any atom is 0.427 e. The Morgan fingerprint density at radius 1 is 1.00 bits per heavy atom. The third-order valence-electron chi connectivity index (χ3n) is 4.23. The van der Waals surface area contributed by atoms with Crippen LogP contribution in [0.25, 0.3) is 0 Å². The van der Waals surface area contributed by atoms with Crippen LogP contribution in [0.4, 0.5) is 58.2 Å². The second-order valence-corrected chi connectivity index (χ2v) is 12.3. The second kappa shape index (κ2) is 11.3. The molecule has 0 spiro atoms. The number of rotatable bonds is 7. The van der Waals surface area contributed by atoms with Gasteiger partial charge in [-0.3, -0.25) is 5.32 Å². The molecule has 0 bridgehead atoms. The zero-order valence-electron chi connectivity index (χ0n) is 18.8. The molecule has 204 valence electrons. The molecule has 0 fully saturated rings. The molecule has 0 unspecified atom stereocenters. The Balaban J connectivity index is 1.99. The van der Waals surface area contributed by atoms with E-state index in [1.165, 1.54) is 26.2 Å². The Hall–Kier alpha value is -1.58. The summed E-state index contributed by atoms with van der Waals surface area (Å²) in [5.41, 5.74) is -2.01. The lowest BCUT2D eigenvalue weighted by atomic mass is 10.2. The number of halogens is 9. The third kappa shape index (κ3) is 6.90. The van der Waals surface area contributed by atoms with Gasteiger partial charge >= 0.3 is 12.3 Å². The molecule has 0 aliphatic carbocycles. The topological polar surface area (TPSA) is 62.4 Å². The highest BCUT2D eigenvalue weighted by molar-refractivity contribution is 7.18. The average Bonchev–Trinajstić information content (AvgIpc) is 3.37. The molecule has 0 saturated carbocycles. The Morgan fingerprint density at radius 3 is 2.11 bits per heavy atom. The van der Waals surface area contributed by atoms with Crippen molar-refractivity contribution >= 4 is 102 Å². The van der Waals surface area contributed by atoms with Gasteiger partial charge in [0.15, 0.2) is 0 Å². The molecule has 3 rings (SSSR count). The maximum absolute atomic E-state index is 13.8. The number of carbonyl (C=O) groups excluding carboxylic acids is 1. The van der Waals surface area contributed by atoms with Crippen LogP contribution in [-0.2, 0) is 17.6 Å². The first-order valence-corrected chi connectivity index (χ1v) is 13.5. The van der Waals surface area contributed by atoms with Crippen molar-refractivity contribution in [3.05, 3.63) is 35.1 Å². The summed E-state index contributed by atoms with van der Waals surface area (Å²) < 4.78 is 86.6. The highest BCUT2D eigenvalue weighted by Gasteiger charge is 2.39. The molecule has 1 amide bonds. The van der Waals surface area contributed by atoms with Crippen molar-refractivity contribution < 1.29 is 35.9 Å². The van der Waals surface area contributed by atoms with Gasteiger partial charge in [-0.25, -0.2) is 18.0 Å². The molecule has 0 aliphatic rings. The van der Waals surface area contributed by atoms with Crippen molar-refractivity contribution in [1.82, 2.24) is 0 Å². The number of alkyl halides is 6. The van der Waals surface area contributed by atoms with E-state index in [1.807, 2.05) is 5.32 Å². The molecule has 3 aromatic rings. The fourth-order valence-electron chi connectivity index (χ4n) is 2.82. The molecule has 5 nitrogen and oxygen atoms in total. The van der Waals surface area contributed by atoms with Crippen molar-refractivity contribution in [2.45, 2.75) is 45.6 Å². The summed E-state index contributed by atoms with van der Waals surface area (Å²) >= 11 is 20.1. The minimum atomic E-state index is -4.91. The van der Waals surface area contributed by atoms with Gasteiger partial charge in [0.2, 0.25) is 0 Å². The summed E-state index contributed by atoms with van der Waals surface area (Å²) in [7, 11) is 0. The normalized spacial score (nSPS) is 12.2. The second-order valence-electron chi connectivity index (χ2n) is 8.12. The molecule has 17 heteroatoms. The van der Waals surface area contributed by atoms with Crippen LogP contribution in [0.3, 0.4) is 0 Å². The first-order valence-electron chi connectivity index (χ1n) is 9.89. The van der Waals surface area contributed by atoms with Crippen LogP contribution in [0.5, 0.6) is 0 Å². The molecule has 3 heterocycles. The summed E-state index contributed by atoms with van der Waals surface area (Å²) in [5, 5.41) is 7.50. The van der Waals surface area contributed by atoms with E-state index in [0.717, 1.165) is 11.3 Å². The SMILES string of the molecule is CC(C)(C)OC(=O)Nc1c(C(F)(F)F)sc(Nc2c(CF)sc(Nc3c(Cl)csc3C(F)F)c2Cl)c1Cl. The predicted molar refractivity (Wildman–Crippen MR) is 139 cm³/mol. The quantitative estimate of drug-likeness (QED) is 0.224. The molecule has 3 aromatic heterocycles. The molecule has 0 aromatic carbocycles. The van der Waals surface area contributed by atoms with Gasteiger partial charge in [0, 0.05) is 5.38 Å². The predicted octanol–water partition coefficient (Wildman–Crippen LogP) is 11.1. The zero-order chi connectivity index (χ0) is 27.9. The number of hydrogen-bond acceptors (Lipinski definition) is 7. The molecular weight excluding hydrogens is 631 g/mol. The summed E-state index contributed by atoms with van der Waals surface area (Å²) in [5.74, 6) is 0. The molecule has 3 N–H and O–H groups in total. The lowest BCUT2D eigenvalue weighted by molar-refractivity contribution is -0.133. The lowest BCUT2D eigenvalue weighted by Gasteiger charge is -2.20. The van der Waals surface area contributed by atoms with E-state index in [1.54, 1.807) is 0 Å². The molecule has 0 saturated heterocycles. The lowest BCUT2D eigenvalue weighted by Crippen LogP contribution is -2.27. The number of ether oxygens (including phenoxy) is 1. The average molecular weight is 647 g/mol. The fraction of sp³-hybridized carbons (Fsp3) is 0.350. The number of hydrogen-bond donors (Lipinski definition) is 3. The molecular formula is C20H16Cl3F6N3O2S3. The molecule has 0 atom stereocenters. The highest BCUT2D eigenvalue weighted by atomic mass is 35.5. The van der Waals surface area contributed by atoms with Crippen LogP contribution in [0.2, 0.25) is 15.1 Å². The van der Waals surface area contributed by atoms with Crippen molar-refractivity contribution in [3.63, 3.8) is 0 Å². The summed E-state index contributed by atoms with van der Waals surface area (Å²) in [6, 6.07) is 0. The van der Waals surface area contributed by atoms with Crippen molar-refractivity contribution in [3.8, 4) is 0 Å². The Morgan fingerprint density at radius 2 is 1.57 bits per heavy atom. The van der Waals surface area contributed by atoms with Gasteiger partial charge in [-0.2, -0.15) is 13.2 Å². The van der Waals surface area contributed by atoms with E-state index >= 15 is 0 Å². The van der Waals surface area contributed by atoms with E-state index in [0.29, 0.717) is 11.3 Å². The minimum Gasteiger partial charge on any atom is -0.444 e. The van der Waals surface area contributed by atoms with Gasteiger partial charge in [0.05, 0.1) is 41.9 Å². The van der Waals surface area contributed by atoms with Gasteiger partial charge in [0.1, 0.15) is 27.2 Å². The number of thiophene rings is 3.